The predicted octanol–water partition coefficient (Wildman–Crippen LogP) is 11.1. The van der Waals surface area contributed by atoms with Crippen molar-refractivity contribution in [2.75, 3.05) is 25.7 Å². The molecule has 0 amide bonds. The molecule has 0 aliphatic carbocycles. The first-order valence-electron chi connectivity index (χ1n) is 13.4. The van der Waals surface area contributed by atoms with Crippen LogP contribution in [0.4, 0.5) is 0 Å². The van der Waals surface area contributed by atoms with E-state index in [-0.39, 0.29) is 0 Å². The van der Waals surface area contributed by atoms with Gasteiger partial charge in [0.2, 0.25) is 0 Å². The number of rotatable bonds is 3. The van der Waals surface area contributed by atoms with Gasteiger partial charge >= 0.3 is 0 Å². The molecule has 1 aliphatic rings. The molecule has 0 spiro atoms. The SMILES string of the molecule is CC.CC.CC.CC.CCC.CCC.CSC.c1ccc(OCC2CO2)cc1.c1ccccc1. The van der Waals surface area contributed by atoms with Crippen LogP contribution in [0.15, 0.2) is 66.7 Å². The molecule has 2 aromatic carbocycles. The highest BCUT2D eigenvalue weighted by atomic mass is 32.2. The van der Waals surface area contributed by atoms with Gasteiger partial charge in [-0.2, -0.15) is 11.8 Å². The molecule has 1 unspecified atom stereocenters. The first-order valence-corrected chi connectivity index (χ1v) is 15.0. The Morgan fingerprint density at radius 2 is 0.882 bits per heavy atom. The second-order valence-electron chi connectivity index (χ2n) is 5.56. The molecule has 2 aromatic rings. The van der Waals surface area contributed by atoms with Crippen LogP contribution in [-0.4, -0.2) is 31.8 Å². The van der Waals surface area contributed by atoms with Crippen molar-refractivity contribution in [2.45, 2.75) is 102 Å². The summed E-state index contributed by atoms with van der Waals surface area (Å²) in [5.41, 5.74) is 0. The lowest BCUT2D eigenvalue weighted by molar-refractivity contribution is 0.263. The fourth-order valence-corrected chi connectivity index (χ4v) is 1.26. The minimum absolute atomic E-state index is 0.343. The molecule has 3 heteroatoms. The van der Waals surface area contributed by atoms with E-state index in [1.54, 1.807) is 11.8 Å². The maximum absolute atomic E-state index is 5.40. The third-order valence-electron chi connectivity index (χ3n) is 2.25. The van der Waals surface area contributed by atoms with E-state index in [4.69, 9.17) is 9.47 Å². The quantitative estimate of drug-likeness (QED) is 0.393. The summed E-state index contributed by atoms with van der Waals surface area (Å²) in [6.45, 7) is 26.0. The predicted molar refractivity (Wildman–Crippen MR) is 165 cm³/mol. The third-order valence-corrected chi connectivity index (χ3v) is 2.25. The van der Waals surface area contributed by atoms with Gasteiger partial charge in [0.05, 0.1) is 6.61 Å². The zero-order valence-electron chi connectivity index (χ0n) is 25.5. The van der Waals surface area contributed by atoms with Gasteiger partial charge in [-0.25, -0.2) is 0 Å². The number of hydrogen-bond donors (Lipinski definition) is 0. The van der Waals surface area contributed by atoms with Crippen LogP contribution in [0.3, 0.4) is 0 Å². The van der Waals surface area contributed by atoms with Crippen molar-refractivity contribution >= 4 is 11.8 Å². The zero-order valence-corrected chi connectivity index (χ0v) is 26.3. The second-order valence-corrected chi connectivity index (χ2v) is 6.37. The Kier molecular flexibility index (Phi) is 78.3. The highest BCUT2D eigenvalue weighted by molar-refractivity contribution is 7.97. The Morgan fingerprint density at radius 3 is 1.12 bits per heavy atom. The second kappa shape index (κ2) is 57.9. The zero-order chi connectivity index (χ0) is 27.9. The van der Waals surface area contributed by atoms with Crippen LogP contribution in [0, 0.1) is 0 Å². The number of epoxide rings is 1. The molecule has 34 heavy (non-hydrogen) atoms. The normalized spacial score (nSPS) is 10.6. The molecule has 1 heterocycles. The smallest absolute Gasteiger partial charge is 0.119 e. The van der Waals surface area contributed by atoms with E-state index in [0.29, 0.717) is 12.7 Å². The van der Waals surface area contributed by atoms with Crippen LogP contribution < -0.4 is 4.74 Å². The fraction of sp³-hybridized carbons (Fsp3) is 0.613. The number of thioether (sulfide) groups is 1. The Labute approximate surface area is 221 Å². The minimum atomic E-state index is 0.343. The molecule has 1 saturated heterocycles. The molecule has 204 valence electrons. The highest BCUT2D eigenvalue weighted by Gasteiger charge is 2.22. The van der Waals surface area contributed by atoms with Crippen LogP contribution in [0.25, 0.3) is 0 Å². The van der Waals surface area contributed by atoms with Crippen LogP contribution in [0.1, 0.15) is 95.9 Å². The Morgan fingerprint density at radius 1 is 0.647 bits per heavy atom. The molecule has 1 fully saturated rings. The van der Waals surface area contributed by atoms with Crippen molar-refractivity contribution in [3.8, 4) is 5.75 Å². The van der Waals surface area contributed by atoms with Gasteiger partial charge in [-0.3, -0.25) is 0 Å². The third kappa shape index (κ3) is 63.2. The van der Waals surface area contributed by atoms with E-state index >= 15 is 0 Å². The molecule has 1 aliphatic heterocycles. The van der Waals surface area contributed by atoms with Crippen molar-refractivity contribution in [1.82, 2.24) is 0 Å². The lowest BCUT2D eigenvalue weighted by atomic mass is 10.3. The summed E-state index contributed by atoms with van der Waals surface area (Å²) in [5, 5.41) is 0. The van der Waals surface area contributed by atoms with Crippen molar-refractivity contribution < 1.29 is 9.47 Å². The average Bonchev–Trinajstić information content (AvgIpc) is 3.76. The van der Waals surface area contributed by atoms with Gasteiger partial charge in [0, 0.05) is 0 Å². The molecule has 0 saturated carbocycles. The maximum Gasteiger partial charge on any atom is 0.119 e. The average molecular weight is 499 g/mol. The molecular formula is C31H62O2S. The maximum atomic E-state index is 5.40. The van der Waals surface area contributed by atoms with Gasteiger partial charge in [0.1, 0.15) is 18.5 Å². The number of para-hydroxylation sites is 1. The molecule has 1 atom stereocenters. The lowest BCUT2D eigenvalue weighted by Crippen LogP contribution is -2.03. The van der Waals surface area contributed by atoms with Gasteiger partial charge in [-0.05, 0) is 24.6 Å². The summed E-state index contributed by atoms with van der Waals surface area (Å²) in [6.07, 6.45) is 6.93. The first kappa shape index (κ1) is 46.0. The van der Waals surface area contributed by atoms with Crippen molar-refractivity contribution in [3.05, 3.63) is 66.7 Å². The van der Waals surface area contributed by atoms with Gasteiger partial charge in [-0.1, -0.05) is 151 Å². The number of benzene rings is 2. The van der Waals surface area contributed by atoms with E-state index in [0.717, 1.165) is 12.4 Å². The number of hydrogen-bond acceptors (Lipinski definition) is 3. The Bertz CT molecular complexity index is 414. The van der Waals surface area contributed by atoms with E-state index in [9.17, 15) is 0 Å². The molecular weight excluding hydrogens is 436 g/mol. The molecule has 0 bridgehead atoms. The number of ether oxygens (including phenoxy) is 2. The van der Waals surface area contributed by atoms with E-state index < -0.39 is 0 Å². The van der Waals surface area contributed by atoms with Gasteiger partial charge < -0.3 is 9.47 Å². The minimum Gasteiger partial charge on any atom is -0.491 e. The van der Waals surface area contributed by atoms with Gasteiger partial charge in [0.25, 0.3) is 0 Å². The molecule has 2 nitrogen and oxygen atoms in total. The molecule has 3 rings (SSSR count). The Hall–Kier alpha value is -1.45. The summed E-state index contributed by atoms with van der Waals surface area (Å²) >= 11 is 1.75. The highest BCUT2D eigenvalue weighted by Crippen LogP contribution is 2.13. The van der Waals surface area contributed by atoms with E-state index in [2.05, 4.69) is 27.7 Å². The summed E-state index contributed by atoms with van der Waals surface area (Å²) in [5.74, 6) is 0.919. The largest absolute Gasteiger partial charge is 0.491 e. The van der Waals surface area contributed by atoms with Crippen molar-refractivity contribution in [3.63, 3.8) is 0 Å². The standard InChI is InChI=1S/C9H10O2.C6H6.2C3H8.C2H6S.4C2H6/c1-2-4-8(5-3-1)10-6-9-7-11-9;1-2-4-6-5-3-1;3*1-3-2;4*1-2/h1-5,9H,6-7H2;1-6H;2*3H2,1-2H3;1-2H3;4*1-2H3. The summed E-state index contributed by atoms with van der Waals surface area (Å²) in [4.78, 5) is 0. The van der Waals surface area contributed by atoms with Crippen LogP contribution >= 0.6 is 11.8 Å². The molecule has 0 aromatic heterocycles. The van der Waals surface area contributed by atoms with Gasteiger partial charge in [0.15, 0.2) is 0 Å². The van der Waals surface area contributed by atoms with Crippen molar-refractivity contribution in [1.29, 1.82) is 0 Å². The van der Waals surface area contributed by atoms with E-state index in [1.165, 1.54) is 12.8 Å². The van der Waals surface area contributed by atoms with Crippen molar-refractivity contribution in [2.24, 2.45) is 0 Å². The summed E-state index contributed by atoms with van der Waals surface area (Å²) < 4.78 is 10.4. The summed E-state index contributed by atoms with van der Waals surface area (Å²) in [6, 6.07) is 21.8. The first-order chi connectivity index (χ1) is 16.7. The van der Waals surface area contributed by atoms with Crippen LogP contribution in [0.5, 0.6) is 5.75 Å². The molecule has 0 radical (unpaired) electrons. The van der Waals surface area contributed by atoms with Crippen LogP contribution in [0.2, 0.25) is 0 Å². The topological polar surface area (TPSA) is 21.8 Å². The monoisotopic (exact) mass is 498 g/mol. The lowest BCUT2D eigenvalue weighted by Gasteiger charge is -2.01. The summed E-state index contributed by atoms with van der Waals surface area (Å²) in [7, 11) is 0. The van der Waals surface area contributed by atoms with Gasteiger partial charge in [-0.15, -0.1) is 0 Å². The molecule has 0 N–H and O–H groups in total. The van der Waals surface area contributed by atoms with Crippen LogP contribution in [-0.2, 0) is 4.74 Å². The fourth-order valence-electron chi connectivity index (χ4n) is 1.26. The Balaban J connectivity index is -0.0000000738. The van der Waals surface area contributed by atoms with E-state index in [1.807, 2.05) is 135 Å².